The molecule has 0 saturated heterocycles. The Hall–Kier alpha value is -2.80. The summed E-state index contributed by atoms with van der Waals surface area (Å²) in [5, 5.41) is 6.52. The number of amides is 1. The highest BCUT2D eigenvalue weighted by atomic mass is 16.5. The lowest BCUT2D eigenvalue weighted by molar-refractivity contribution is -0.125. The van der Waals surface area contributed by atoms with Gasteiger partial charge in [-0.25, -0.2) is 0 Å². The maximum atomic E-state index is 13.8. The number of Topliss-reactive ketones (excluding diaryl/α,β-unsaturated/α-hetero) is 1. The monoisotopic (exact) mass is 447 g/mol. The Bertz CT molecular complexity index is 1030. The van der Waals surface area contributed by atoms with Crippen LogP contribution in [0.15, 0.2) is 59.7 Å². The molecule has 174 valence electrons. The van der Waals surface area contributed by atoms with Gasteiger partial charge in [-0.2, -0.15) is 0 Å². The zero-order valence-electron chi connectivity index (χ0n) is 19.7. The first-order chi connectivity index (χ1) is 16.0. The van der Waals surface area contributed by atoms with E-state index in [2.05, 4.69) is 15.5 Å². The van der Waals surface area contributed by atoms with Gasteiger partial charge in [0.1, 0.15) is 6.61 Å². The Morgan fingerprint density at radius 1 is 1.09 bits per heavy atom. The van der Waals surface area contributed by atoms with Crippen LogP contribution < -0.4 is 10.6 Å². The highest BCUT2D eigenvalue weighted by molar-refractivity contribution is 6.05. The first kappa shape index (κ1) is 23.4. The summed E-state index contributed by atoms with van der Waals surface area (Å²) in [6.07, 6.45) is 0.712. The van der Waals surface area contributed by atoms with Gasteiger partial charge in [0.15, 0.2) is 5.78 Å². The summed E-state index contributed by atoms with van der Waals surface area (Å²) in [6.45, 7) is 7.16. The molecule has 0 aliphatic carbocycles. The van der Waals surface area contributed by atoms with Gasteiger partial charge in [-0.15, -0.1) is 0 Å². The molecule has 2 atom stereocenters. The number of ether oxygens (including phenoxy) is 1. The van der Waals surface area contributed by atoms with E-state index in [9.17, 15) is 9.59 Å². The Balaban J connectivity index is 1.55. The number of carbonyl (C=O) groups is 2. The number of nitrogens with zero attached hydrogens (tertiary/aromatic N) is 1. The lowest BCUT2D eigenvalue weighted by Crippen LogP contribution is -2.43. The van der Waals surface area contributed by atoms with E-state index in [-0.39, 0.29) is 30.4 Å². The molecule has 6 nitrogen and oxygen atoms in total. The summed E-state index contributed by atoms with van der Waals surface area (Å²) in [5.41, 5.74) is 6.49. The van der Waals surface area contributed by atoms with Gasteiger partial charge < -0.3 is 15.4 Å². The molecule has 2 aliphatic heterocycles. The van der Waals surface area contributed by atoms with Gasteiger partial charge in [0, 0.05) is 38.9 Å². The quantitative estimate of drug-likeness (QED) is 0.457. The molecule has 1 amide bonds. The van der Waals surface area contributed by atoms with Crippen LogP contribution in [0.25, 0.3) is 0 Å². The van der Waals surface area contributed by atoms with Crippen molar-refractivity contribution in [2.75, 3.05) is 39.9 Å². The van der Waals surface area contributed by atoms with Gasteiger partial charge in [-0.3, -0.25) is 14.5 Å². The van der Waals surface area contributed by atoms with E-state index in [1.54, 1.807) is 0 Å². The van der Waals surface area contributed by atoms with Gasteiger partial charge in [-0.1, -0.05) is 48.5 Å². The van der Waals surface area contributed by atoms with Crippen molar-refractivity contribution in [3.63, 3.8) is 0 Å². The number of ketones is 1. The Morgan fingerprint density at radius 3 is 2.52 bits per heavy atom. The second kappa shape index (κ2) is 10.4. The van der Waals surface area contributed by atoms with Crippen molar-refractivity contribution in [2.45, 2.75) is 32.4 Å². The van der Waals surface area contributed by atoms with Gasteiger partial charge in [0.05, 0.1) is 12.1 Å². The van der Waals surface area contributed by atoms with E-state index in [0.29, 0.717) is 13.0 Å². The average molecular weight is 448 g/mol. The third-order valence-corrected chi connectivity index (χ3v) is 6.69. The number of carbonyl (C=O) groups excluding carboxylic acids is 2. The van der Waals surface area contributed by atoms with E-state index in [1.165, 1.54) is 18.3 Å². The Labute approximate surface area is 196 Å². The summed E-state index contributed by atoms with van der Waals surface area (Å²) in [7, 11) is 1.52. The zero-order chi connectivity index (χ0) is 23.4. The normalized spacial score (nSPS) is 18.9. The number of hydrogen-bond acceptors (Lipinski definition) is 5. The van der Waals surface area contributed by atoms with E-state index < -0.39 is 0 Å². The summed E-state index contributed by atoms with van der Waals surface area (Å²) in [4.78, 5) is 28.4. The fraction of sp³-hybridized carbons (Fsp3) is 0.407. The molecule has 2 N–H and O–H groups in total. The van der Waals surface area contributed by atoms with Crippen molar-refractivity contribution in [2.24, 2.45) is 0 Å². The summed E-state index contributed by atoms with van der Waals surface area (Å²) in [5.74, 6) is 0.0414. The van der Waals surface area contributed by atoms with Crippen LogP contribution in [0, 0.1) is 13.8 Å². The minimum atomic E-state index is -0.249. The molecule has 0 radical (unpaired) electrons. The number of hydrogen-bond donors (Lipinski definition) is 2. The molecular formula is C27H33N3O3. The first-order valence-corrected chi connectivity index (χ1v) is 11.6. The maximum Gasteiger partial charge on any atom is 0.246 e. The highest BCUT2D eigenvalue weighted by Gasteiger charge is 2.40. The van der Waals surface area contributed by atoms with Crippen LogP contribution in [0.1, 0.15) is 39.5 Å². The Morgan fingerprint density at radius 2 is 1.82 bits per heavy atom. The number of nitrogens with one attached hydrogen (secondary N) is 2. The summed E-state index contributed by atoms with van der Waals surface area (Å²) < 4.78 is 5.01. The third-order valence-electron chi connectivity index (χ3n) is 6.69. The molecular weight excluding hydrogens is 414 g/mol. The molecule has 2 aromatic rings. The molecule has 4 rings (SSSR count). The third kappa shape index (κ3) is 5.08. The molecule has 0 unspecified atom stereocenters. The van der Waals surface area contributed by atoms with Crippen LogP contribution in [0.2, 0.25) is 0 Å². The summed E-state index contributed by atoms with van der Waals surface area (Å²) >= 11 is 0. The lowest BCUT2D eigenvalue weighted by Gasteiger charge is -2.29. The predicted octanol–water partition coefficient (Wildman–Crippen LogP) is 2.96. The first-order valence-electron chi connectivity index (χ1n) is 11.6. The molecule has 0 saturated carbocycles. The molecule has 0 fully saturated rings. The van der Waals surface area contributed by atoms with Gasteiger partial charge in [0.2, 0.25) is 5.91 Å². The van der Waals surface area contributed by atoms with Crippen molar-refractivity contribution in [3.8, 4) is 0 Å². The number of aryl methyl sites for hydroxylation is 2. The smallest absolute Gasteiger partial charge is 0.246 e. The molecule has 0 aromatic heterocycles. The minimum Gasteiger partial charge on any atom is -0.375 e. The molecule has 0 bridgehead atoms. The van der Waals surface area contributed by atoms with E-state index in [1.807, 2.05) is 62.4 Å². The van der Waals surface area contributed by atoms with Crippen molar-refractivity contribution < 1.29 is 14.3 Å². The summed E-state index contributed by atoms with van der Waals surface area (Å²) in [6, 6.07) is 15.6. The fourth-order valence-electron chi connectivity index (χ4n) is 5.13. The SMILES string of the molecule is COCC(=O)N[C@@H](CCN1CC2=C(CNC2)[C@H]1C(=O)c1c(C)cccc1C)c1ccccc1. The van der Waals surface area contributed by atoms with Crippen LogP contribution >= 0.6 is 0 Å². The second-order valence-electron chi connectivity index (χ2n) is 8.99. The molecule has 2 aliphatic rings. The largest absolute Gasteiger partial charge is 0.375 e. The standard InChI is InChI=1S/C27H33N3O3/c1-18-8-7-9-19(2)25(18)27(32)26-22-15-28-14-21(22)16-30(26)13-12-23(29-24(31)17-33-3)20-10-5-4-6-11-20/h4-11,23,26,28H,12-17H2,1-3H3,(H,29,31)/t23-,26-/m0/s1. The zero-order valence-corrected chi connectivity index (χ0v) is 19.7. The average Bonchev–Trinajstić information content (AvgIpc) is 3.38. The lowest BCUT2D eigenvalue weighted by atomic mass is 9.91. The Kier molecular flexibility index (Phi) is 7.38. The number of benzene rings is 2. The maximum absolute atomic E-state index is 13.8. The molecule has 2 heterocycles. The van der Waals surface area contributed by atoms with Gasteiger partial charge in [-0.05, 0) is 48.1 Å². The van der Waals surface area contributed by atoms with Crippen molar-refractivity contribution >= 4 is 11.7 Å². The molecule has 6 heteroatoms. The molecule has 2 aromatic carbocycles. The van der Waals surface area contributed by atoms with Crippen LogP contribution in [0.3, 0.4) is 0 Å². The van der Waals surface area contributed by atoms with Crippen LogP contribution in [0.5, 0.6) is 0 Å². The second-order valence-corrected chi connectivity index (χ2v) is 8.99. The van der Waals surface area contributed by atoms with Gasteiger partial charge in [0.25, 0.3) is 0 Å². The fourth-order valence-corrected chi connectivity index (χ4v) is 5.13. The van der Waals surface area contributed by atoms with E-state index in [0.717, 1.165) is 41.9 Å². The topological polar surface area (TPSA) is 70.7 Å². The highest BCUT2D eigenvalue weighted by Crippen LogP contribution is 2.32. The number of rotatable bonds is 9. The van der Waals surface area contributed by atoms with Crippen LogP contribution in [0.4, 0.5) is 0 Å². The van der Waals surface area contributed by atoms with Gasteiger partial charge >= 0.3 is 0 Å². The van der Waals surface area contributed by atoms with E-state index in [4.69, 9.17) is 4.74 Å². The van der Waals surface area contributed by atoms with E-state index >= 15 is 0 Å². The van der Waals surface area contributed by atoms with Crippen LogP contribution in [-0.4, -0.2) is 62.5 Å². The predicted molar refractivity (Wildman–Crippen MR) is 129 cm³/mol. The van der Waals surface area contributed by atoms with Crippen molar-refractivity contribution in [3.05, 3.63) is 81.9 Å². The molecule has 33 heavy (non-hydrogen) atoms. The van der Waals surface area contributed by atoms with Crippen LogP contribution in [-0.2, 0) is 9.53 Å². The molecule has 0 spiro atoms. The minimum absolute atomic E-state index is 0.0300. The van der Waals surface area contributed by atoms with Crippen molar-refractivity contribution in [1.29, 1.82) is 0 Å². The van der Waals surface area contributed by atoms with Crippen molar-refractivity contribution in [1.82, 2.24) is 15.5 Å². The number of methoxy groups -OCH3 is 1.